The average molecular weight is 347 g/mol. The van der Waals surface area contributed by atoms with E-state index in [1.165, 1.54) is 12.6 Å². The van der Waals surface area contributed by atoms with Crippen LogP contribution >= 0.6 is 0 Å². The molecule has 0 spiro atoms. The van der Waals surface area contributed by atoms with E-state index in [2.05, 4.69) is 19.8 Å². The fourth-order valence-corrected chi connectivity index (χ4v) is 3.51. The highest BCUT2D eigenvalue weighted by Crippen LogP contribution is 2.20. The number of rotatable bonds is 6. The second-order valence-corrected chi connectivity index (χ2v) is 7.13. The molecule has 0 fully saturated rings. The lowest BCUT2D eigenvalue weighted by Crippen LogP contribution is -2.35. The second kappa shape index (κ2) is 6.54. The van der Waals surface area contributed by atoms with Crippen molar-refractivity contribution in [3.63, 3.8) is 0 Å². The largest absolute Gasteiger partial charge is 0.449 e. The maximum atomic E-state index is 12.4. The van der Waals surface area contributed by atoms with Gasteiger partial charge < -0.3 is 4.42 Å². The number of benzene rings is 1. The van der Waals surface area contributed by atoms with Gasteiger partial charge in [0, 0.05) is 18.5 Å². The molecule has 1 aromatic carbocycles. The van der Waals surface area contributed by atoms with E-state index in [1.54, 1.807) is 49.1 Å². The van der Waals surface area contributed by atoms with E-state index >= 15 is 0 Å². The van der Waals surface area contributed by atoms with Crippen LogP contribution in [-0.2, 0) is 16.6 Å². The predicted octanol–water partition coefficient (Wildman–Crippen LogP) is 1.61. The zero-order valence-electron chi connectivity index (χ0n) is 13.2. The molecule has 8 nitrogen and oxygen atoms in total. The summed E-state index contributed by atoms with van der Waals surface area (Å²) in [6, 6.07) is 6.17. The van der Waals surface area contributed by atoms with Crippen molar-refractivity contribution in [2.45, 2.75) is 31.3 Å². The van der Waals surface area contributed by atoms with Crippen LogP contribution in [0.4, 0.5) is 0 Å². The Morgan fingerprint density at radius 3 is 2.62 bits per heavy atom. The molecule has 0 saturated carbocycles. The summed E-state index contributed by atoms with van der Waals surface area (Å²) in [5.41, 5.74) is 1.46. The highest BCUT2D eigenvalue weighted by atomic mass is 32.2. The highest BCUT2D eigenvalue weighted by Gasteiger charge is 2.18. The summed E-state index contributed by atoms with van der Waals surface area (Å²) in [4.78, 5) is 8.24. The van der Waals surface area contributed by atoms with Crippen molar-refractivity contribution >= 4 is 10.0 Å². The number of hydrogen-bond donors (Lipinski definition) is 1. The molecule has 1 atom stereocenters. The van der Waals surface area contributed by atoms with Crippen molar-refractivity contribution in [1.29, 1.82) is 0 Å². The molecule has 0 aliphatic carbocycles. The monoisotopic (exact) mass is 347 g/mol. The van der Waals surface area contributed by atoms with Crippen LogP contribution < -0.4 is 4.72 Å². The molecule has 9 heteroatoms. The van der Waals surface area contributed by atoms with Crippen LogP contribution in [0, 0.1) is 6.92 Å². The molecule has 3 aromatic rings. The third-order valence-electron chi connectivity index (χ3n) is 3.36. The van der Waals surface area contributed by atoms with E-state index in [-0.39, 0.29) is 10.9 Å². The van der Waals surface area contributed by atoms with E-state index in [0.717, 1.165) is 5.56 Å². The Kier molecular flexibility index (Phi) is 4.45. The van der Waals surface area contributed by atoms with Gasteiger partial charge in [0.15, 0.2) is 5.89 Å². The Morgan fingerprint density at radius 1 is 1.29 bits per heavy atom. The zero-order valence-corrected chi connectivity index (χ0v) is 14.1. The molecule has 2 heterocycles. The van der Waals surface area contributed by atoms with Gasteiger partial charge >= 0.3 is 0 Å². The Hall–Kier alpha value is -2.52. The van der Waals surface area contributed by atoms with Crippen LogP contribution in [0.2, 0.25) is 0 Å². The van der Waals surface area contributed by atoms with Crippen LogP contribution in [0.15, 0.2) is 52.5 Å². The molecular weight excluding hydrogens is 330 g/mol. The summed E-state index contributed by atoms with van der Waals surface area (Å²) in [6.07, 6.45) is 4.49. The van der Waals surface area contributed by atoms with Crippen molar-refractivity contribution in [3.05, 3.63) is 49.1 Å². The van der Waals surface area contributed by atoms with Gasteiger partial charge in [0.1, 0.15) is 24.6 Å². The summed E-state index contributed by atoms with van der Waals surface area (Å²) in [5.74, 6) is 0.560. The number of aryl methyl sites for hydroxylation is 1. The first-order chi connectivity index (χ1) is 11.4. The van der Waals surface area contributed by atoms with Crippen LogP contribution in [-0.4, -0.2) is 34.2 Å². The van der Waals surface area contributed by atoms with Gasteiger partial charge in [0.05, 0.1) is 11.4 Å². The maximum Gasteiger partial charge on any atom is 0.240 e. The third kappa shape index (κ3) is 3.69. The van der Waals surface area contributed by atoms with Gasteiger partial charge in [-0.15, -0.1) is 0 Å². The molecule has 1 unspecified atom stereocenters. The van der Waals surface area contributed by atoms with Gasteiger partial charge in [-0.2, -0.15) is 5.10 Å². The normalized spacial score (nSPS) is 13.1. The van der Waals surface area contributed by atoms with E-state index in [0.29, 0.717) is 18.1 Å². The smallest absolute Gasteiger partial charge is 0.240 e. The fourth-order valence-electron chi connectivity index (χ4n) is 2.28. The SMILES string of the molecule is Cc1nc(-c2ccc(S(=O)(=O)NC(C)Cn3cncn3)cc2)co1. The summed E-state index contributed by atoms with van der Waals surface area (Å²) in [5, 5.41) is 3.96. The molecule has 0 bridgehead atoms. The molecule has 3 rings (SSSR count). The van der Waals surface area contributed by atoms with Gasteiger partial charge in [-0.3, -0.25) is 4.68 Å². The number of nitrogens with one attached hydrogen (secondary N) is 1. The van der Waals surface area contributed by atoms with Crippen molar-refractivity contribution in [2.75, 3.05) is 0 Å². The molecule has 0 radical (unpaired) electrons. The summed E-state index contributed by atoms with van der Waals surface area (Å²) >= 11 is 0. The topological polar surface area (TPSA) is 103 Å². The number of nitrogens with zero attached hydrogens (tertiary/aromatic N) is 4. The van der Waals surface area contributed by atoms with Gasteiger partial charge in [-0.05, 0) is 19.1 Å². The standard InChI is InChI=1S/C15H17N5O3S/c1-11(7-20-10-16-9-17-20)19-24(21,22)14-5-3-13(4-6-14)15-8-23-12(2)18-15/h3-6,8-11,19H,7H2,1-2H3. The first-order valence-electron chi connectivity index (χ1n) is 7.31. The summed E-state index contributed by atoms with van der Waals surface area (Å²) < 4.78 is 34.2. The molecule has 1 N–H and O–H groups in total. The maximum absolute atomic E-state index is 12.4. The van der Waals surface area contributed by atoms with E-state index in [1.807, 2.05) is 0 Å². The van der Waals surface area contributed by atoms with Crippen molar-refractivity contribution in [2.24, 2.45) is 0 Å². The molecule has 0 saturated heterocycles. The van der Waals surface area contributed by atoms with Gasteiger partial charge in [0.2, 0.25) is 10.0 Å². The molecule has 0 amide bonds. The minimum absolute atomic E-state index is 0.192. The van der Waals surface area contributed by atoms with Crippen LogP contribution in [0.1, 0.15) is 12.8 Å². The molecule has 0 aliphatic rings. The number of oxazole rings is 1. The zero-order chi connectivity index (χ0) is 17.2. The first-order valence-corrected chi connectivity index (χ1v) is 8.80. The van der Waals surface area contributed by atoms with Crippen molar-refractivity contribution in [3.8, 4) is 11.3 Å². The third-order valence-corrected chi connectivity index (χ3v) is 4.97. The fraction of sp³-hybridized carbons (Fsp3) is 0.267. The lowest BCUT2D eigenvalue weighted by atomic mass is 10.2. The van der Waals surface area contributed by atoms with Crippen molar-refractivity contribution in [1.82, 2.24) is 24.5 Å². The van der Waals surface area contributed by atoms with Crippen LogP contribution in [0.5, 0.6) is 0 Å². The molecule has 24 heavy (non-hydrogen) atoms. The minimum Gasteiger partial charge on any atom is -0.449 e. The molecule has 126 valence electrons. The first kappa shape index (κ1) is 16.3. The number of aromatic nitrogens is 4. The Bertz CT molecular complexity index is 901. The van der Waals surface area contributed by atoms with E-state index < -0.39 is 10.0 Å². The van der Waals surface area contributed by atoms with Crippen LogP contribution in [0.25, 0.3) is 11.3 Å². The van der Waals surface area contributed by atoms with Crippen LogP contribution in [0.3, 0.4) is 0 Å². The molecule has 0 aliphatic heterocycles. The second-order valence-electron chi connectivity index (χ2n) is 5.42. The lowest BCUT2D eigenvalue weighted by molar-refractivity contribution is 0.493. The van der Waals surface area contributed by atoms with E-state index in [9.17, 15) is 8.42 Å². The van der Waals surface area contributed by atoms with Gasteiger partial charge in [0.25, 0.3) is 0 Å². The average Bonchev–Trinajstić information content (AvgIpc) is 3.18. The van der Waals surface area contributed by atoms with Gasteiger partial charge in [-0.1, -0.05) is 12.1 Å². The Balaban J connectivity index is 1.72. The summed E-state index contributed by atoms with van der Waals surface area (Å²) in [7, 11) is -3.61. The number of sulfonamides is 1. The highest BCUT2D eigenvalue weighted by molar-refractivity contribution is 7.89. The number of hydrogen-bond acceptors (Lipinski definition) is 6. The van der Waals surface area contributed by atoms with Gasteiger partial charge in [-0.25, -0.2) is 23.1 Å². The van der Waals surface area contributed by atoms with E-state index in [4.69, 9.17) is 4.42 Å². The minimum atomic E-state index is -3.61. The Labute approximate surface area is 139 Å². The molecular formula is C15H17N5O3S. The predicted molar refractivity (Wildman–Crippen MR) is 86.5 cm³/mol. The Morgan fingerprint density at radius 2 is 2.04 bits per heavy atom. The lowest BCUT2D eigenvalue weighted by Gasteiger charge is -2.14. The quantitative estimate of drug-likeness (QED) is 0.726. The molecule has 2 aromatic heterocycles. The summed E-state index contributed by atoms with van der Waals surface area (Å²) in [6.45, 7) is 3.92. The van der Waals surface area contributed by atoms with Crippen molar-refractivity contribution < 1.29 is 12.8 Å².